The van der Waals surface area contributed by atoms with E-state index in [0.29, 0.717) is 18.1 Å². The van der Waals surface area contributed by atoms with Crippen LogP contribution in [0, 0.1) is 0 Å². The van der Waals surface area contributed by atoms with E-state index >= 15 is 0 Å². The van der Waals surface area contributed by atoms with Crippen molar-refractivity contribution < 1.29 is 18.7 Å². The van der Waals surface area contributed by atoms with Crippen molar-refractivity contribution in [3.8, 4) is 22.8 Å². The number of carbonyl (C=O) groups is 1. The second-order valence-electron chi connectivity index (χ2n) is 6.32. The van der Waals surface area contributed by atoms with Gasteiger partial charge < -0.3 is 18.8 Å². The first-order chi connectivity index (χ1) is 13.2. The van der Waals surface area contributed by atoms with Crippen molar-refractivity contribution in [3.63, 3.8) is 0 Å². The van der Waals surface area contributed by atoms with E-state index in [9.17, 15) is 4.79 Å². The number of hydrogen-bond acceptors (Lipinski definition) is 5. The summed E-state index contributed by atoms with van der Waals surface area (Å²) in [5.74, 6) is 1.86. The zero-order valence-electron chi connectivity index (χ0n) is 15.2. The van der Waals surface area contributed by atoms with Crippen molar-refractivity contribution in [1.82, 2.24) is 4.98 Å². The maximum absolute atomic E-state index is 13.1. The summed E-state index contributed by atoms with van der Waals surface area (Å²) >= 11 is 0. The van der Waals surface area contributed by atoms with Crippen LogP contribution in [0.2, 0.25) is 0 Å². The highest BCUT2D eigenvalue weighted by Gasteiger charge is 2.35. The maximum Gasteiger partial charge on any atom is 0.234 e. The van der Waals surface area contributed by atoms with Gasteiger partial charge in [-0.3, -0.25) is 4.79 Å². The molecular weight excluding hydrogens is 344 g/mol. The van der Waals surface area contributed by atoms with Crippen LogP contribution in [-0.2, 0) is 4.79 Å². The van der Waals surface area contributed by atoms with E-state index < -0.39 is 0 Å². The Morgan fingerprint density at radius 1 is 1.11 bits per heavy atom. The lowest BCUT2D eigenvalue weighted by Gasteiger charge is -2.19. The molecule has 3 aromatic rings. The molecule has 6 heteroatoms. The summed E-state index contributed by atoms with van der Waals surface area (Å²) in [6.07, 6.45) is 3.76. The van der Waals surface area contributed by atoms with Gasteiger partial charge >= 0.3 is 0 Å². The van der Waals surface area contributed by atoms with Crippen LogP contribution in [0.1, 0.15) is 17.9 Å². The summed E-state index contributed by atoms with van der Waals surface area (Å²) in [4.78, 5) is 18.8. The minimum absolute atomic E-state index is 0.0639. The molecule has 0 bridgehead atoms. The van der Waals surface area contributed by atoms with Crippen LogP contribution in [0.15, 0.2) is 59.5 Å². The van der Waals surface area contributed by atoms with Crippen molar-refractivity contribution in [2.24, 2.45) is 0 Å². The molecule has 1 saturated heterocycles. The number of para-hydroxylation sites is 1. The summed E-state index contributed by atoms with van der Waals surface area (Å²) in [7, 11) is 3.23. The molecular formula is C21H20N2O4. The van der Waals surface area contributed by atoms with Crippen molar-refractivity contribution in [1.29, 1.82) is 0 Å². The monoisotopic (exact) mass is 364 g/mol. The topological polar surface area (TPSA) is 64.8 Å². The van der Waals surface area contributed by atoms with Gasteiger partial charge in [0.1, 0.15) is 11.5 Å². The van der Waals surface area contributed by atoms with Gasteiger partial charge in [-0.25, -0.2) is 4.98 Å². The molecule has 1 aromatic heterocycles. The zero-order valence-corrected chi connectivity index (χ0v) is 15.2. The minimum atomic E-state index is -0.207. The maximum atomic E-state index is 13.1. The fraction of sp³-hybridized carbons (Fsp3) is 0.238. The number of benzene rings is 2. The molecule has 0 unspecified atom stereocenters. The Hall–Kier alpha value is -3.28. The van der Waals surface area contributed by atoms with E-state index in [4.69, 9.17) is 13.9 Å². The van der Waals surface area contributed by atoms with E-state index in [2.05, 4.69) is 4.98 Å². The third kappa shape index (κ3) is 3.03. The van der Waals surface area contributed by atoms with Gasteiger partial charge in [0.05, 0.1) is 31.9 Å². The third-order valence-corrected chi connectivity index (χ3v) is 4.91. The summed E-state index contributed by atoms with van der Waals surface area (Å²) in [6, 6.07) is 13.3. The van der Waals surface area contributed by atoms with Crippen LogP contribution in [-0.4, -0.2) is 31.7 Å². The first-order valence-electron chi connectivity index (χ1n) is 8.74. The average molecular weight is 364 g/mol. The Labute approximate surface area is 157 Å². The fourth-order valence-electron chi connectivity index (χ4n) is 3.58. The number of carbonyl (C=O) groups excluding carboxylic acids is 1. The van der Waals surface area contributed by atoms with E-state index in [1.165, 1.54) is 6.39 Å². The molecule has 138 valence electrons. The molecule has 1 fully saturated rings. The van der Waals surface area contributed by atoms with Crippen molar-refractivity contribution in [2.45, 2.75) is 12.3 Å². The van der Waals surface area contributed by atoms with Crippen molar-refractivity contribution >= 4 is 11.6 Å². The van der Waals surface area contributed by atoms with Crippen LogP contribution in [0.5, 0.6) is 11.5 Å². The molecule has 0 spiro atoms. The number of oxazole rings is 1. The molecule has 0 N–H and O–H groups in total. The summed E-state index contributed by atoms with van der Waals surface area (Å²) in [5.41, 5.74) is 2.53. The summed E-state index contributed by atoms with van der Waals surface area (Å²) in [6.45, 7) is 0.645. The molecule has 27 heavy (non-hydrogen) atoms. The predicted octanol–water partition coefficient (Wildman–Crippen LogP) is 3.88. The molecule has 0 aliphatic carbocycles. The molecule has 1 aliphatic rings. The lowest BCUT2D eigenvalue weighted by atomic mass is 9.97. The van der Waals surface area contributed by atoms with Gasteiger partial charge in [-0.1, -0.05) is 18.2 Å². The number of aromatic nitrogens is 1. The Morgan fingerprint density at radius 3 is 2.67 bits per heavy atom. The van der Waals surface area contributed by atoms with E-state index in [1.54, 1.807) is 25.3 Å². The number of methoxy groups -OCH3 is 2. The Morgan fingerprint density at radius 2 is 1.93 bits per heavy atom. The molecule has 1 atom stereocenters. The standard InChI is InChI=1S/C21H20N2O4/c1-25-18-6-4-3-5-15(18)16-9-10-23(21(16)24)14-7-8-17(19(11-14)26-2)20-12-22-13-27-20/h3-8,11-13,16H,9-10H2,1-2H3/t16-/m0/s1. The quantitative estimate of drug-likeness (QED) is 0.687. The van der Waals surface area contributed by atoms with Gasteiger partial charge in [-0.2, -0.15) is 0 Å². The minimum Gasteiger partial charge on any atom is -0.496 e. The van der Waals surface area contributed by atoms with Gasteiger partial charge in [0.15, 0.2) is 12.2 Å². The predicted molar refractivity (Wildman–Crippen MR) is 101 cm³/mol. The zero-order chi connectivity index (χ0) is 18.8. The normalized spacial score (nSPS) is 16.6. The van der Waals surface area contributed by atoms with Gasteiger partial charge in [0, 0.05) is 23.9 Å². The van der Waals surface area contributed by atoms with Crippen LogP contribution in [0.4, 0.5) is 5.69 Å². The molecule has 2 aromatic carbocycles. The van der Waals surface area contributed by atoms with E-state index in [0.717, 1.165) is 29.0 Å². The van der Waals surface area contributed by atoms with Gasteiger partial charge in [0.2, 0.25) is 5.91 Å². The second-order valence-corrected chi connectivity index (χ2v) is 6.32. The first-order valence-corrected chi connectivity index (χ1v) is 8.74. The molecule has 2 heterocycles. The fourth-order valence-corrected chi connectivity index (χ4v) is 3.58. The largest absolute Gasteiger partial charge is 0.496 e. The van der Waals surface area contributed by atoms with E-state index in [1.807, 2.05) is 42.5 Å². The van der Waals surface area contributed by atoms with Gasteiger partial charge in [-0.05, 0) is 24.6 Å². The first kappa shape index (κ1) is 17.1. The number of hydrogen-bond donors (Lipinski definition) is 0. The average Bonchev–Trinajstić information content (AvgIpc) is 3.37. The summed E-state index contributed by atoms with van der Waals surface area (Å²) in [5, 5.41) is 0. The molecule has 1 aliphatic heterocycles. The highest BCUT2D eigenvalue weighted by molar-refractivity contribution is 6.01. The van der Waals surface area contributed by atoms with Gasteiger partial charge in [-0.15, -0.1) is 0 Å². The SMILES string of the molecule is COc1cc(N2CC[C@@H](c3ccccc3OC)C2=O)ccc1-c1cnco1. The van der Waals surface area contributed by atoms with Crippen LogP contribution >= 0.6 is 0 Å². The molecule has 1 amide bonds. The van der Waals surface area contributed by atoms with Crippen molar-refractivity contribution in [3.05, 3.63) is 60.6 Å². The Kier molecular flexibility index (Phi) is 4.54. The number of rotatable bonds is 5. The molecule has 0 radical (unpaired) electrons. The lowest BCUT2D eigenvalue weighted by molar-refractivity contribution is -0.118. The molecule has 4 rings (SSSR count). The van der Waals surface area contributed by atoms with Crippen LogP contribution in [0.3, 0.4) is 0 Å². The smallest absolute Gasteiger partial charge is 0.234 e. The highest BCUT2D eigenvalue weighted by atomic mass is 16.5. The third-order valence-electron chi connectivity index (χ3n) is 4.91. The number of anilines is 1. The lowest BCUT2D eigenvalue weighted by Crippen LogP contribution is -2.26. The number of amides is 1. The Bertz CT molecular complexity index is 953. The van der Waals surface area contributed by atoms with Gasteiger partial charge in [0.25, 0.3) is 0 Å². The number of nitrogens with zero attached hydrogens (tertiary/aromatic N) is 2. The second kappa shape index (κ2) is 7.15. The Balaban J connectivity index is 1.64. The summed E-state index contributed by atoms with van der Waals surface area (Å²) < 4.78 is 16.3. The van der Waals surface area contributed by atoms with E-state index in [-0.39, 0.29) is 11.8 Å². The van der Waals surface area contributed by atoms with Crippen LogP contribution < -0.4 is 14.4 Å². The number of ether oxygens (including phenoxy) is 2. The highest BCUT2D eigenvalue weighted by Crippen LogP contribution is 2.39. The molecule has 6 nitrogen and oxygen atoms in total. The van der Waals surface area contributed by atoms with Crippen molar-refractivity contribution in [2.75, 3.05) is 25.7 Å². The molecule has 0 saturated carbocycles. The van der Waals surface area contributed by atoms with Crippen LogP contribution in [0.25, 0.3) is 11.3 Å².